The van der Waals surface area contributed by atoms with Gasteiger partial charge in [-0.25, -0.2) is 9.48 Å². The molecule has 0 N–H and O–H groups in total. The SMILES string of the molecule is Cc1ccc2c(cnn2-c2cccc(C(=O)OCC(C)C)c2)c1. The molecule has 4 heteroatoms. The van der Waals surface area contributed by atoms with Gasteiger partial charge in [0.1, 0.15) is 0 Å². The number of esters is 1. The van der Waals surface area contributed by atoms with Crippen LogP contribution in [0.5, 0.6) is 0 Å². The molecule has 3 aromatic rings. The lowest BCUT2D eigenvalue weighted by Gasteiger charge is -2.09. The number of fused-ring (bicyclic) bond motifs is 1. The summed E-state index contributed by atoms with van der Waals surface area (Å²) >= 11 is 0. The van der Waals surface area contributed by atoms with Gasteiger partial charge in [-0.1, -0.05) is 31.5 Å². The Morgan fingerprint density at radius 3 is 2.83 bits per heavy atom. The van der Waals surface area contributed by atoms with Crippen molar-refractivity contribution in [1.29, 1.82) is 0 Å². The number of rotatable bonds is 4. The largest absolute Gasteiger partial charge is 0.462 e. The highest BCUT2D eigenvalue weighted by Gasteiger charge is 2.11. The molecule has 3 rings (SSSR count). The predicted octanol–water partition coefficient (Wildman–Crippen LogP) is 4.15. The Bertz CT molecular complexity index is 849. The molecule has 4 nitrogen and oxygen atoms in total. The third kappa shape index (κ3) is 3.26. The van der Waals surface area contributed by atoms with Crippen molar-refractivity contribution in [3.63, 3.8) is 0 Å². The summed E-state index contributed by atoms with van der Waals surface area (Å²) < 4.78 is 7.14. The molecule has 118 valence electrons. The predicted molar refractivity (Wildman–Crippen MR) is 90.9 cm³/mol. The van der Waals surface area contributed by atoms with Crippen molar-refractivity contribution in [2.75, 3.05) is 6.61 Å². The second-order valence-corrected chi connectivity index (χ2v) is 6.16. The average Bonchev–Trinajstić information content (AvgIpc) is 2.95. The topological polar surface area (TPSA) is 44.1 Å². The molecule has 0 saturated carbocycles. The van der Waals surface area contributed by atoms with Crippen molar-refractivity contribution >= 4 is 16.9 Å². The first-order chi connectivity index (χ1) is 11.0. The van der Waals surface area contributed by atoms with Gasteiger partial charge in [0.25, 0.3) is 0 Å². The Kier molecular flexibility index (Phi) is 4.15. The fraction of sp³-hybridized carbons (Fsp3) is 0.263. The summed E-state index contributed by atoms with van der Waals surface area (Å²) in [6.07, 6.45) is 1.84. The Labute approximate surface area is 135 Å². The maximum Gasteiger partial charge on any atom is 0.338 e. The molecular formula is C19H20N2O2. The van der Waals surface area contributed by atoms with Crippen molar-refractivity contribution in [2.24, 2.45) is 5.92 Å². The average molecular weight is 308 g/mol. The van der Waals surface area contributed by atoms with Gasteiger partial charge in [-0.3, -0.25) is 0 Å². The van der Waals surface area contributed by atoms with E-state index >= 15 is 0 Å². The molecular weight excluding hydrogens is 288 g/mol. The van der Waals surface area contributed by atoms with E-state index in [1.165, 1.54) is 5.56 Å². The van der Waals surface area contributed by atoms with Crippen LogP contribution in [0.2, 0.25) is 0 Å². The number of ether oxygens (including phenoxy) is 1. The number of carbonyl (C=O) groups excluding carboxylic acids is 1. The number of hydrogen-bond donors (Lipinski definition) is 0. The fourth-order valence-electron chi connectivity index (χ4n) is 2.45. The molecule has 2 aromatic carbocycles. The van der Waals surface area contributed by atoms with Crippen LogP contribution in [0.15, 0.2) is 48.7 Å². The zero-order valence-corrected chi connectivity index (χ0v) is 13.6. The molecule has 0 fully saturated rings. The molecule has 0 unspecified atom stereocenters. The first-order valence-electron chi connectivity index (χ1n) is 7.76. The van der Waals surface area contributed by atoms with Gasteiger partial charge >= 0.3 is 5.97 Å². The van der Waals surface area contributed by atoms with E-state index in [0.29, 0.717) is 18.1 Å². The zero-order valence-electron chi connectivity index (χ0n) is 13.6. The summed E-state index contributed by atoms with van der Waals surface area (Å²) in [4.78, 5) is 12.1. The molecule has 0 atom stereocenters. The van der Waals surface area contributed by atoms with Crippen LogP contribution in [0.1, 0.15) is 29.8 Å². The van der Waals surface area contributed by atoms with Crippen molar-refractivity contribution < 1.29 is 9.53 Å². The second kappa shape index (κ2) is 6.24. The maximum atomic E-state index is 12.1. The van der Waals surface area contributed by atoms with Crippen LogP contribution in [0.4, 0.5) is 0 Å². The number of carbonyl (C=O) groups is 1. The van der Waals surface area contributed by atoms with E-state index in [1.54, 1.807) is 6.07 Å². The lowest BCUT2D eigenvalue weighted by Crippen LogP contribution is -2.10. The molecule has 0 saturated heterocycles. The summed E-state index contributed by atoms with van der Waals surface area (Å²) in [5.74, 6) is 0.0216. The molecule has 0 aliphatic rings. The van der Waals surface area contributed by atoms with E-state index in [9.17, 15) is 4.79 Å². The summed E-state index contributed by atoms with van der Waals surface area (Å²) in [7, 11) is 0. The molecule has 23 heavy (non-hydrogen) atoms. The Morgan fingerprint density at radius 1 is 1.22 bits per heavy atom. The summed E-state index contributed by atoms with van der Waals surface area (Å²) in [6, 6.07) is 13.6. The van der Waals surface area contributed by atoms with Gasteiger partial charge in [0.05, 0.1) is 29.6 Å². The molecule has 0 amide bonds. The fourth-order valence-corrected chi connectivity index (χ4v) is 2.45. The van der Waals surface area contributed by atoms with Crippen LogP contribution < -0.4 is 0 Å². The summed E-state index contributed by atoms with van der Waals surface area (Å²) in [6.45, 7) is 6.51. The number of benzene rings is 2. The number of nitrogens with zero attached hydrogens (tertiary/aromatic N) is 2. The Hall–Kier alpha value is -2.62. The molecule has 0 radical (unpaired) electrons. The van der Waals surface area contributed by atoms with E-state index in [1.807, 2.05) is 49.0 Å². The molecule has 0 aliphatic heterocycles. The van der Waals surface area contributed by atoms with E-state index in [-0.39, 0.29) is 5.97 Å². The first kappa shape index (κ1) is 15.3. The van der Waals surface area contributed by atoms with Gasteiger partial charge in [-0.2, -0.15) is 5.10 Å². The zero-order chi connectivity index (χ0) is 16.4. The van der Waals surface area contributed by atoms with E-state index in [0.717, 1.165) is 16.6 Å². The van der Waals surface area contributed by atoms with Gasteiger partial charge in [-0.05, 0) is 43.2 Å². The molecule has 0 aliphatic carbocycles. The van der Waals surface area contributed by atoms with Gasteiger partial charge in [0, 0.05) is 5.39 Å². The number of hydrogen-bond acceptors (Lipinski definition) is 3. The van der Waals surface area contributed by atoms with Crippen LogP contribution in [-0.2, 0) is 4.74 Å². The highest BCUT2D eigenvalue weighted by atomic mass is 16.5. The van der Waals surface area contributed by atoms with Crippen molar-refractivity contribution in [2.45, 2.75) is 20.8 Å². The standard InChI is InChI=1S/C19H20N2O2/c1-13(2)12-23-19(22)15-5-4-6-17(10-15)21-18-8-7-14(3)9-16(18)11-20-21/h4-11,13H,12H2,1-3H3. The smallest absolute Gasteiger partial charge is 0.338 e. The number of aromatic nitrogens is 2. The highest BCUT2D eigenvalue weighted by molar-refractivity contribution is 5.90. The van der Waals surface area contributed by atoms with Crippen LogP contribution >= 0.6 is 0 Å². The minimum absolute atomic E-state index is 0.298. The normalized spacial score (nSPS) is 11.1. The monoisotopic (exact) mass is 308 g/mol. The Balaban J connectivity index is 1.94. The minimum Gasteiger partial charge on any atom is -0.462 e. The quantitative estimate of drug-likeness (QED) is 0.680. The maximum absolute atomic E-state index is 12.1. The summed E-state index contributed by atoms with van der Waals surface area (Å²) in [5.41, 5.74) is 3.60. The van der Waals surface area contributed by atoms with Gasteiger partial charge in [0.2, 0.25) is 0 Å². The van der Waals surface area contributed by atoms with Crippen LogP contribution in [0, 0.1) is 12.8 Å². The number of aryl methyl sites for hydroxylation is 1. The highest BCUT2D eigenvalue weighted by Crippen LogP contribution is 2.20. The van der Waals surface area contributed by atoms with E-state index in [4.69, 9.17) is 4.74 Å². The van der Waals surface area contributed by atoms with Crippen LogP contribution in [0.3, 0.4) is 0 Å². The van der Waals surface area contributed by atoms with Crippen LogP contribution in [0.25, 0.3) is 16.6 Å². The van der Waals surface area contributed by atoms with E-state index < -0.39 is 0 Å². The van der Waals surface area contributed by atoms with Crippen LogP contribution in [-0.4, -0.2) is 22.4 Å². The van der Waals surface area contributed by atoms with Gasteiger partial charge in [-0.15, -0.1) is 0 Å². The second-order valence-electron chi connectivity index (χ2n) is 6.16. The van der Waals surface area contributed by atoms with Crippen molar-refractivity contribution in [3.05, 3.63) is 59.8 Å². The van der Waals surface area contributed by atoms with Gasteiger partial charge in [0.15, 0.2) is 0 Å². The summed E-state index contributed by atoms with van der Waals surface area (Å²) in [5, 5.41) is 5.53. The molecule has 1 aromatic heterocycles. The van der Waals surface area contributed by atoms with Gasteiger partial charge < -0.3 is 4.74 Å². The van der Waals surface area contributed by atoms with Crippen molar-refractivity contribution in [1.82, 2.24) is 9.78 Å². The molecule has 0 spiro atoms. The third-order valence-corrected chi connectivity index (χ3v) is 3.60. The third-order valence-electron chi connectivity index (χ3n) is 3.60. The van der Waals surface area contributed by atoms with E-state index in [2.05, 4.69) is 24.2 Å². The lowest BCUT2D eigenvalue weighted by molar-refractivity contribution is 0.0459. The molecule has 1 heterocycles. The molecule has 0 bridgehead atoms. The first-order valence-corrected chi connectivity index (χ1v) is 7.76. The van der Waals surface area contributed by atoms with Crippen molar-refractivity contribution in [3.8, 4) is 5.69 Å². The Morgan fingerprint density at radius 2 is 2.04 bits per heavy atom. The lowest BCUT2D eigenvalue weighted by atomic mass is 10.1. The minimum atomic E-state index is -0.298.